The zero-order chi connectivity index (χ0) is 17.6. The van der Waals surface area contributed by atoms with Gasteiger partial charge in [-0.25, -0.2) is 4.98 Å². The number of imidazole rings is 1. The Labute approximate surface area is 150 Å². The molecule has 0 aliphatic carbocycles. The third kappa shape index (κ3) is 3.03. The van der Waals surface area contributed by atoms with Crippen LogP contribution in [0.2, 0.25) is 5.02 Å². The minimum atomic E-state index is -0.108. The van der Waals surface area contributed by atoms with Crippen LogP contribution in [-0.4, -0.2) is 52.4 Å². The van der Waals surface area contributed by atoms with Crippen LogP contribution in [0.5, 0.6) is 0 Å². The third-order valence-corrected chi connectivity index (χ3v) is 4.71. The quantitative estimate of drug-likeness (QED) is 0.722. The second kappa shape index (κ2) is 6.20. The molecule has 0 bridgehead atoms. The Morgan fingerprint density at radius 1 is 1.40 bits per heavy atom. The number of benzene rings is 1. The van der Waals surface area contributed by atoms with E-state index in [0.717, 1.165) is 17.6 Å². The summed E-state index contributed by atoms with van der Waals surface area (Å²) in [5.74, 6) is 0.234. The van der Waals surface area contributed by atoms with Gasteiger partial charge in [-0.2, -0.15) is 0 Å². The average Bonchev–Trinajstić information content (AvgIpc) is 3.19. The van der Waals surface area contributed by atoms with Crippen molar-refractivity contribution >= 4 is 28.5 Å². The second-order valence-corrected chi connectivity index (χ2v) is 7.12. The third-order valence-electron chi connectivity index (χ3n) is 4.48. The number of likely N-dealkylation sites (N-methyl/N-ethyl adjacent to an activating group) is 1. The largest absolute Gasteiger partial charge is 0.451 e. The summed E-state index contributed by atoms with van der Waals surface area (Å²) < 4.78 is 7.90. The maximum absolute atomic E-state index is 13.0. The molecular formula is C18H19ClN4O2. The van der Waals surface area contributed by atoms with Crippen LogP contribution in [-0.2, 0) is 6.54 Å². The first-order chi connectivity index (χ1) is 12.0. The van der Waals surface area contributed by atoms with Gasteiger partial charge in [0.25, 0.3) is 5.91 Å². The molecule has 25 heavy (non-hydrogen) atoms. The lowest BCUT2D eigenvalue weighted by molar-refractivity contribution is 0.0634. The van der Waals surface area contributed by atoms with E-state index < -0.39 is 0 Å². The van der Waals surface area contributed by atoms with Crippen LogP contribution < -0.4 is 0 Å². The molecule has 0 radical (unpaired) electrons. The lowest BCUT2D eigenvalue weighted by Gasteiger charge is -2.35. The number of furan rings is 1. The molecule has 2 aromatic heterocycles. The first-order valence-electron chi connectivity index (χ1n) is 8.15. The fraction of sp³-hybridized carbons (Fsp3) is 0.333. The van der Waals surface area contributed by atoms with E-state index in [4.69, 9.17) is 16.0 Å². The highest BCUT2D eigenvalue weighted by molar-refractivity contribution is 6.31. The zero-order valence-corrected chi connectivity index (χ0v) is 14.9. The zero-order valence-electron chi connectivity index (χ0n) is 14.1. The Morgan fingerprint density at radius 3 is 3.04 bits per heavy atom. The summed E-state index contributed by atoms with van der Waals surface area (Å²) >= 11 is 6.02. The molecule has 0 saturated carbocycles. The van der Waals surface area contributed by atoms with Crippen LogP contribution in [0.3, 0.4) is 0 Å². The van der Waals surface area contributed by atoms with Gasteiger partial charge in [0.1, 0.15) is 5.58 Å². The molecule has 0 spiro atoms. The van der Waals surface area contributed by atoms with Gasteiger partial charge in [0.2, 0.25) is 0 Å². The lowest BCUT2D eigenvalue weighted by Crippen LogP contribution is -2.43. The van der Waals surface area contributed by atoms with E-state index in [9.17, 15) is 4.79 Å². The van der Waals surface area contributed by atoms with Gasteiger partial charge in [-0.3, -0.25) is 4.79 Å². The molecule has 1 atom stereocenters. The first kappa shape index (κ1) is 16.2. The van der Waals surface area contributed by atoms with Crippen LogP contribution in [0, 0.1) is 0 Å². The van der Waals surface area contributed by atoms with Crippen molar-refractivity contribution in [2.24, 2.45) is 0 Å². The Morgan fingerprint density at radius 2 is 2.24 bits per heavy atom. The number of hydrogen-bond donors (Lipinski definition) is 0. The summed E-state index contributed by atoms with van der Waals surface area (Å²) in [5.41, 5.74) is 1.70. The number of halogens is 1. The smallest absolute Gasteiger partial charge is 0.290 e. The lowest BCUT2D eigenvalue weighted by atomic mass is 10.1. The monoisotopic (exact) mass is 358 g/mol. The molecule has 1 aromatic carbocycles. The van der Waals surface area contributed by atoms with Crippen LogP contribution in [0.4, 0.5) is 0 Å². The van der Waals surface area contributed by atoms with Gasteiger partial charge in [0.05, 0.1) is 24.6 Å². The van der Waals surface area contributed by atoms with Crippen molar-refractivity contribution in [1.29, 1.82) is 0 Å². The number of nitrogens with zero attached hydrogens (tertiary/aromatic N) is 4. The second-order valence-electron chi connectivity index (χ2n) is 6.69. The SMILES string of the molecule is CN(C)CC1CN(C(=O)c2cc3cc(Cl)ccc3o2)Cc2cncn21. The molecule has 1 amide bonds. The minimum absolute atomic E-state index is 0.108. The molecule has 130 valence electrons. The minimum Gasteiger partial charge on any atom is -0.451 e. The summed E-state index contributed by atoms with van der Waals surface area (Å²) in [7, 11) is 4.06. The molecule has 4 rings (SSSR count). The number of carbonyl (C=O) groups excluding carboxylic acids is 1. The molecule has 3 aromatic rings. The van der Waals surface area contributed by atoms with Crippen molar-refractivity contribution in [2.75, 3.05) is 27.2 Å². The van der Waals surface area contributed by atoms with E-state index in [-0.39, 0.29) is 11.9 Å². The molecule has 0 fully saturated rings. The van der Waals surface area contributed by atoms with Crippen LogP contribution in [0.15, 0.2) is 41.2 Å². The number of hydrogen-bond acceptors (Lipinski definition) is 4. The van der Waals surface area contributed by atoms with Gasteiger partial charge in [-0.1, -0.05) is 11.6 Å². The summed E-state index contributed by atoms with van der Waals surface area (Å²) in [6.45, 7) is 1.99. The van der Waals surface area contributed by atoms with Gasteiger partial charge in [0.15, 0.2) is 5.76 Å². The van der Waals surface area contributed by atoms with E-state index >= 15 is 0 Å². The first-order valence-corrected chi connectivity index (χ1v) is 8.53. The highest BCUT2D eigenvalue weighted by atomic mass is 35.5. The highest BCUT2D eigenvalue weighted by Crippen LogP contribution is 2.27. The van der Waals surface area contributed by atoms with E-state index in [1.54, 1.807) is 24.3 Å². The summed E-state index contributed by atoms with van der Waals surface area (Å²) in [4.78, 5) is 21.2. The van der Waals surface area contributed by atoms with E-state index in [2.05, 4.69) is 14.5 Å². The molecule has 3 heterocycles. The summed E-state index contributed by atoms with van der Waals surface area (Å²) in [6.07, 6.45) is 3.66. The fourth-order valence-corrected chi connectivity index (χ4v) is 3.56. The molecule has 6 nitrogen and oxygen atoms in total. The molecule has 0 saturated heterocycles. The topological polar surface area (TPSA) is 54.5 Å². The maximum atomic E-state index is 13.0. The van der Waals surface area contributed by atoms with E-state index in [0.29, 0.717) is 29.5 Å². The predicted octanol–water partition coefficient (Wildman–Crippen LogP) is 3.04. The average molecular weight is 359 g/mol. The van der Waals surface area contributed by atoms with Crippen LogP contribution in [0.1, 0.15) is 22.3 Å². The molecule has 1 aliphatic rings. The highest BCUT2D eigenvalue weighted by Gasteiger charge is 2.30. The van der Waals surface area contributed by atoms with Crippen LogP contribution in [0.25, 0.3) is 11.0 Å². The predicted molar refractivity (Wildman–Crippen MR) is 95.8 cm³/mol. The van der Waals surface area contributed by atoms with Gasteiger partial charge in [0, 0.05) is 29.7 Å². The number of fused-ring (bicyclic) bond motifs is 2. The fourth-order valence-electron chi connectivity index (χ4n) is 3.38. The number of carbonyl (C=O) groups is 1. The van der Waals surface area contributed by atoms with Gasteiger partial charge >= 0.3 is 0 Å². The van der Waals surface area contributed by atoms with Gasteiger partial charge in [-0.15, -0.1) is 0 Å². The number of rotatable bonds is 3. The number of amides is 1. The van der Waals surface area contributed by atoms with Crippen molar-refractivity contribution in [1.82, 2.24) is 19.4 Å². The molecular weight excluding hydrogens is 340 g/mol. The Bertz CT molecular complexity index is 930. The van der Waals surface area contributed by atoms with Crippen molar-refractivity contribution in [3.8, 4) is 0 Å². The maximum Gasteiger partial charge on any atom is 0.290 e. The van der Waals surface area contributed by atoms with Crippen LogP contribution >= 0.6 is 11.6 Å². The van der Waals surface area contributed by atoms with Crippen molar-refractivity contribution in [3.05, 3.63) is 53.3 Å². The van der Waals surface area contributed by atoms with Crippen molar-refractivity contribution in [2.45, 2.75) is 12.6 Å². The van der Waals surface area contributed by atoms with Crippen molar-refractivity contribution in [3.63, 3.8) is 0 Å². The van der Waals surface area contributed by atoms with Crippen molar-refractivity contribution < 1.29 is 9.21 Å². The Hall–Kier alpha value is -2.31. The molecule has 0 N–H and O–H groups in total. The Balaban J connectivity index is 1.63. The molecule has 1 aliphatic heterocycles. The Kier molecular flexibility index (Phi) is 4.01. The van der Waals surface area contributed by atoms with E-state index in [1.807, 2.05) is 31.5 Å². The molecule has 7 heteroatoms. The molecule has 1 unspecified atom stereocenters. The van der Waals surface area contributed by atoms with E-state index in [1.165, 1.54) is 0 Å². The number of aromatic nitrogens is 2. The summed E-state index contributed by atoms with van der Waals surface area (Å²) in [6, 6.07) is 7.28. The normalized spacial score (nSPS) is 17.3. The standard InChI is InChI=1S/C18H19ClN4O2/c1-21(2)8-15-10-22(9-14-7-20-11-23(14)15)18(24)17-6-12-5-13(19)3-4-16(12)25-17/h3-7,11,15H,8-10H2,1-2H3. The summed E-state index contributed by atoms with van der Waals surface area (Å²) in [5, 5.41) is 1.46. The van der Waals surface area contributed by atoms with Gasteiger partial charge < -0.3 is 18.8 Å². The van der Waals surface area contributed by atoms with Gasteiger partial charge in [-0.05, 0) is 38.4 Å².